The number of aromatic nitrogens is 2. The first kappa shape index (κ1) is 18.8. The normalized spacial score (nSPS) is 10.7. The molecule has 2 aromatic carbocycles. The van der Waals surface area contributed by atoms with E-state index in [0.717, 1.165) is 0 Å². The van der Waals surface area contributed by atoms with Gasteiger partial charge in [0.15, 0.2) is 10.9 Å². The highest BCUT2D eigenvalue weighted by Gasteiger charge is 2.12. The number of carbonyl (C=O) groups excluding carboxylic acids is 2. The fourth-order valence-electron chi connectivity index (χ4n) is 2.65. The minimum absolute atomic E-state index is 0.0247. The van der Waals surface area contributed by atoms with Crippen LogP contribution in [-0.2, 0) is 11.3 Å². The smallest absolute Gasteiger partial charge is 0.262 e. The molecule has 1 heterocycles. The lowest BCUT2D eigenvalue weighted by atomic mass is 10.1. The van der Waals surface area contributed by atoms with Gasteiger partial charge in [-0.2, -0.15) is 0 Å². The lowest BCUT2D eigenvalue weighted by molar-refractivity contribution is -0.113. The van der Waals surface area contributed by atoms with Crippen LogP contribution in [-0.4, -0.2) is 27.0 Å². The predicted octanol–water partition coefficient (Wildman–Crippen LogP) is 3.35. The Labute approximate surface area is 160 Å². The summed E-state index contributed by atoms with van der Waals surface area (Å²) in [5, 5.41) is 3.87. The van der Waals surface area contributed by atoms with Gasteiger partial charge >= 0.3 is 0 Å². The first-order valence-electron chi connectivity index (χ1n) is 8.53. The second-order valence-corrected chi connectivity index (χ2v) is 6.87. The third kappa shape index (κ3) is 4.25. The van der Waals surface area contributed by atoms with E-state index in [9.17, 15) is 14.4 Å². The summed E-state index contributed by atoms with van der Waals surface area (Å²) < 4.78 is 1.57. The Bertz CT molecular complexity index is 1060. The van der Waals surface area contributed by atoms with Gasteiger partial charge in [0.1, 0.15) is 0 Å². The van der Waals surface area contributed by atoms with Gasteiger partial charge in [-0.05, 0) is 50.2 Å². The van der Waals surface area contributed by atoms with Gasteiger partial charge in [-0.25, -0.2) is 4.98 Å². The summed E-state index contributed by atoms with van der Waals surface area (Å²) in [6.07, 6.45) is 0. The summed E-state index contributed by atoms with van der Waals surface area (Å²) in [5.41, 5.74) is 1.72. The zero-order valence-electron chi connectivity index (χ0n) is 15.1. The topological polar surface area (TPSA) is 81.1 Å². The molecule has 1 aromatic heterocycles. The van der Waals surface area contributed by atoms with E-state index >= 15 is 0 Å². The average Bonchev–Trinajstić information content (AvgIpc) is 2.67. The molecule has 6 nitrogen and oxygen atoms in total. The highest BCUT2D eigenvalue weighted by Crippen LogP contribution is 2.18. The van der Waals surface area contributed by atoms with Gasteiger partial charge in [-0.1, -0.05) is 23.9 Å². The van der Waals surface area contributed by atoms with Crippen LogP contribution in [0.1, 0.15) is 24.2 Å². The van der Waals surface area contributed by atoms with Crippen molar-refractivity contribution in [2.45, 2.75) is 25.5 Å². The number of hydrogen-bond acceptors (Lipinski definition) is 5. The van der Waals surface area contributed by atoms with E-state index in [2.05, 4.69) is 10.3 Å². The van der Waals surface area contributed by atoms with Gasteiger partial charge in [-0.3, -0.25) is 19.0 Å². The van der Waals surface area contributed by atoms with Crippen LogP contribution >= 0.6 is 11.8 Å². The Morgan fingerprint density at radius 1 is 1.11 bits per heavy atom. The van der Waals surface area contributed by atoms with Crippen LogP contribution in [0.25, 0.3) is 10.9 Å². The zero-order valence-corrected chi connectivity index (χ0v) is 15.9. The average molecular weight is 381 g/mol. The van der Waals surface area contributed by atoms with E-state index in [4.69, 9.17) is 0 Å². The van der Waals surface area contributed by atoms with Crippen molar-refractivity contribution in [3.05, 3.63) is 64.4 Å². The number of Topliss-reactive ketones (excluding diaryl/α,β-unsaturated/α-hetero) is 1. The van der Waals surface area contributed by atoms with Gasteiger partial charge in [-0.15, -0.1) is 0 Å². The van der Waals surface area contributed by atoms with Gasteiger partial charge in [0.25, 0.3) is 5.56 Å². The van der Waals surface area contributed by atoms with Crippen LogP contribution in [0.5, 0.6) is 0 Å². The molecule has 0 atom stereocenters. The van der Waals surface area contributed by atoms with Gasteiger partial charge in [0.2, 0.25) is 5.91 Å². The minimum Gasteiger partial charge on any atom is -0.325 e. The molecule has 0 bridgehead atoms. The van der Waals surface area contributed by atoms with Crippen molar-refractivity contribution in [2.75, 3.05) is 11.1 Å². The molecule has 27 heavy (non-hydrogen) atoms. The molecule has 3 rings (SSSR count). The Balaban J connectivity index is 1.73. The molecule has 0 saturated heterocycles. The number of para-hydroxylation sites is 1. The van der Waals surface area contributed by atoms with Crippen molar-refractivity contribution in [1.29, 1.82) is 0 Å². The predicted molar refractivity (Wildman–Crippen MR) is 107 cm³/mol. The highest BCUT2D eigenvalue weighted by atomic mass is 32.2. The molecule has 0 aliphatic carbocycles. The highest BCUT2D eigenvalue weighted by molar-refractivity contribution is 7.99. The third-order valence-electron chi connectivity index (χ3n) is 4.05. The summed E-state index contributed by atoms with van der Waals surface area (Å²) >= 11 is 1.22. The molecule has 1 N–H and O–H groups in total. The van der Waals surface area contributed by atoms with Crippen LogP contribution in [0, 0.1) is 0 Å². The number of hydrogen-bond donors (Lipinski definition) is 1. The number of fused-ring (bicyclic) bond motifs is 1. The van der Waals surface area contributed by atoms with Crippen LogP contribution < -0.4 is 10.9 Å². The Hall–Kier alpha value is -2.93. The molecule has 0 spiro atoms. The SMILES string of the molecule is CCn1c(SCC(=O)Nc2ccc(C(C)=O)cc2)nc2ccccc2c1=O. The number of ketones is 1. The van der Waals surface area contributed by atoms with Crippen LogP contribution in [0.3, 0.4) is 0 Å². The number of nitrogens with one attached hydrogen (secondary N) is 1. The van der Waals surface area contributed by atoms with Gasteiger partial charge in [0.05, 0.1) is 16.7 Å². The molecule has 7 heteroatoms. The van der Waals surface area contributed by atoms with E-state index in [-0.39, 0.29) is 23.0 Å². The molecule has 0 aliphatic rings. The van der Waals surface area contributed by atoms with E-state index in [1.807, 2.05) is 19.1 Å². The molecule has 0 radical (unpaired) electrons. The van der Waals surface area contributed by atoms with Gasteiger partial charge in [0, 0.05) is 17.8 Å². The molecule has 138 valence electrons. The molecule has 3 aromatic rings. The lowest BCUT2D eigenvalue weighted by Crippen LogP contribution is -2.23. The summed E-state index contributed by atoms with van der Waals surface area (Å²) in [6, 6.07) is 13.9. The third-order valence-corrected chi connectivity index (χ3v) is 5.03. The van der Waals surface area contributed by atoms with Crippen molar-refractivity contribution in [3.8, 4) is 0 Å². The van der Waals surface area contributed by atoms with E-state index in [1.54, 1.807) is 41.0 Å². The van der Waals surface area contributed by atoms with Crippen molar-refractivity contribution in [2.24, 2.45) is 0 Å². The Morgan fingerprint density at radius 2 is 1.81 bits per heavy atom. The summed E-state index contributed by atoms with van der Waals surface area (Å²) in [5.74, 6) is -0.108. The molecular weight excluding hydrogens is 362 g/mol. The molecule has 1 amide bonds. The summed E-state index contributed by atoms with van der Waals surface area (Å²) in [6.45, 7) is 3.85. The van der Waals surface area contributed by atoms with Crippen LogP contribution in [0.4, 0.5) is 5.69 Å². The first-order chi connectivity index (χ1) is 13.0. The lowest BCUT2D eigenvalue weighted by Gasteiger charge is -2.11. The summed E-state index contributed by atoms with van der Waals surface area (Å²) in [7, 11) is 0. The van der Waals surface area contributed by atoms with Crippen LogP contribution in [0.15, 0.2) is 58.5 Å². The van der Waals surface area contributed by atoms with Gasteiger partial charge < -0.3 is 5.32 Å². The number of rotatable bonds is 6. The second-order valence-electron chi connectivity index (χ2n) is 5.93. The number of nitrogens with zero attached hydrogens (tertiary/aromatic N) is 2. The van der Waals surface area contributed by atoms with E-state index in [0.29, 0.717) is 33.9 Å². The molecule has 0 aliphatic heterocycles. The minimum atomic E-state index is -0.208. The van der Waals surface area contributed by atoms with Crippen LogP contribution in [0.2, 0.25) is 0 Å². The Kier molecular flexibility index (Phi) is 5.71. The Morgan fingerprint density at radius 3 is 2.48 bits per heavy atom. The maximum Gasteiger partial charge on any atom is 0.262 e. The number of benzene rings is 2. The standard InChI is InChI=1S/C20H19N3O3S/c1-3-23-19(26)16-6-4-5-7-17(16)22-20(23)27-12-18(25)21-15-10-8-14(9-11-15)13(2)24/h4-11H,3,12H2,1-2H3,(H,21,25). The molecule has 0 unspecified atom stereocenters. The largest absolute Gasteiger partial charge is 0.325 e. The van der Waals surface area contributed by atoms with Crippen molar-refractivity contribution < 1.29 is 9.59 Å². The molecule has 0 fully saturated rings. The van der Waals surface area contributed by atoms with E-state index < -0.39 is 0 Å². The number of anilines is 1. The summed E-state index contributed by atoms with van der Waals surface area (Å²) in [4.78, 5) is 40.6. The first-order valence-corrected chi connectivity index (χ1v) is 9.51. The number of thioether (sulfide) groups is 1. The van der Waals surface area contributed by atoms with Crippen molar-refractivity contribution in [3.63, 3.8) is 0 Å². The maximum atomic E-state index is 12.6. The zero-order chi connectivity index (χ0) is 19.4. The fourth-order valence-corrected chi connectivity index (χ4v) is 3.52. The fraction of sp³-hybridized carbons (Fsp3) is 0.200. The monoisotopic (exact) mass is 381 g/mol. The second kappa shape index (κ2) is 8.18. The number of amides is 1. The molecular formula is C20H19N3O3S. The molecule has 0 saturated carbocycles. The van der Waals surface area contributed by atoms with Crippen molar-refractivity contribution >= 4 is 40.0 Å². The van der Waals surface area contributed by atoms with E-state index in [1.165, 1.54) is 18.7 Å². The maximum absolute atomic E-state index is 12.6. The quantitative estimate of drug-likeness (QED) is 0.402. The number of carbonyl (C=O) groups is 2. The van der Waals surface area contributed by atoms with Crippen molar-refractivity contribution in [1.82, 2.24) is 9.55 Å².